The lowest BCUT2D eigenvalue weighted by Crippen LogP contribution is -2.35. The van der Waals surface area contributed by atoms with Gasteiger partial charge in [-0.05, 0) is 29.7 Å². The summed E-state index contributed by atoms with van der Waals surface area (Å²) in [5, 5.41) is 2.69. The summed E-state index contributed by atoms with van der Waals surface area (Å²) in [6.07, 6.45) is 2.83. The molecule has 0 bridgehead atoms. The van der Waals surface area contributed by atoms with E-state index in [2.05, 4.69) is 75.3 Å². The number of likely N-dealkylation sites (tertiary alicyclic amines) is 1. The fourth-order valence-electron chi connectivity index (χ4n) is 3.76. The molecule has 128 valence electrons. The third-order valence-electron chi connectivity index (χ3n) is 5.22. The Balaban J connectivity index is 1.47. The number of anilines is 1. The Morgan fingerprint density at radius 1 is 1.12 bits per heavy atom. The molecule has 1 aromatic heterocycles. The topological polar surface area (TPSA) is 32.3 Å². The van der Waals surface area contributed by atoms with Crippen LogP contribution in [0.5, 0.6) is 0 Å². The first kappa shape index (κ1) is 16.0. The second kappa shape index (κ2) is 6.81. The predicted molar refractivity (Wildman–Crippen MR) is 103 cm³/mol. The van der Waals surface area contributed by atoms with Crippen molar-refractivity contribution in [2.45, 2.75) is 25.9 Å². The van der Waals surface area contributed by atoms with Crippen LogP contribution in [0.1, 0.15) is 17.7 Å². The molecule has 25 heavy (non-hydrogen) atoms. The van der Waals surface area contributed by atoms with Crippen LogP contribution in [0.4, 0.5) is 5.82 Å². The Kier molecular flexibility index (Phi) is 4.36. The van der Waals surface area contributed by atoms with Gasteiger partial charge >= 0.3 is 0 Å². The molecule has 0 N–H and O–H groups in total. The monoisotopic (exact) mass is 332 g/mol. The third kappa shape index (κ3) is 3.35. The van der Waals surface area contributed by atoms with Crippen molar-refractivity contribution >= 4 is 16.6 Å². The van der Waals surface area contributed by atoms with Crippen LogP contribution in [0.15, 0.2) is 54.9 Å². The van der Waals surface area contributed by atoms with Crippen molar-refractivity contribution < 1.29 is 0 Å². The molecule has 1 aliphatic heterocycles. The predicted octanol–water partition coefficient (Wildman–Crippen LogP) is 3.65. The summed E-state index contributed by atoms with van der Waals surface area (Å²) in [5.74, 6) is 1.02. The quantitative estimate of drug-likeness (QED) is 0.730. The maximum Gasteiger partial charge on any atom is 0.132 e. The lowest BCUT2D eigenvalue weighted by atomic mass is 10.0. The smallest absolute Gasteiger partial charge is 0.132 e. The van der Waals surface area contributed by atoms with Gasteiger partial charge in [-0.1, -0.05) is 42.5 Å². The highest BCUT2D eigenvalue weighted by Gasteiger charge is 2.26. The molecule has 2 heterocycles. The second-order valence-corrected chi connectivity index (χ2v) is 6.94. The van der Waals surface area contributed by atoms with Crippen molar-refractivity contribution in [1.82, 2.24) is 14.9 Å². The largest absolute Gasteiger partial charge is 0.355 e. The van der Waals surface area contributed by atoms with Gasteiger partial charge in [-0.3, -0.25) is 4.90 Å². The molecule has 1 fully saturated rings. The van der Waals surface area contributed by atoms with Gasteiger partial charge in [0.05, 0.1) is 0 Å². The van der Waals surface area contributed by atoms with Gasteiger partial charge in [0.15, 0.2) is 0 Å². The summed E-state index contributed by atoms with van der Waals surface area (Å²) in [7, 11) is 2.15. The van der Waals surface area contributed by atoms with Gasteiger partial charge in [-0.25, -0.2) is 9.97 Å². The SMILES string of the molecule is Cc1cc(N(C)C2CCN(Cc3cccc4ccccc34)C2)ncn1. The fraction of sp³-hybridized carbons (Fsp3) is 0.333. The van der Waals surface area contributed by atoms with Gasteiger partial charge in [0.2, 0.25) is 0 Å². The number of aromatic nitrogens is 2. The van der Waals surface area contributed by atoms with Crippen LogP contribution >= 0.6 is 0 Å². The van der Waals surface area contributed by atoms with Crippen LogP contribution in [0.25, 0.3) is 10.8 Å². The molecule has 2 aromatic carbocycles. The van der Waals surface area contributed by atoms with E-state index in [0.717, 1.165) is 31.1 Å². The Morgan fingerprint density at radius 2 is 1.96 bits per heavy atom. The molecule has 0 radical (unpaired) electrons. The molecule has 3 aromatic rings. The summed E-state index contributed by atoms with van der Waals surface area (Å²) in [6.45, 7) is 5.22. The minimum absolute atomic E-state index is 0.504. The number of hydrogen-bond donors (Lipinski definition) is 0. The molecule has 1 aliphatic rings. The summed E-state index contributed by atoms with van der Waals surface area (Å²) in [5.41, 5.74) is 2.43. The highest BCUT2D eigenvalue weighted by Crippen LogP contribution is 2.24. The number of fused-ring (bicyclic) bond motifs is 1. The van der Waals surface area contributed by atoms with Gasteiger partial charge in [0, 0.05) is 44.5 Å². The molecule has 4 heteroatoms. The van der Waals surface area contributed by atoms with Crippen molar-refractivity contribution in [2.75, 3.05) is 25.0 Å². The first-order valence-corrected chi connectivity index (χ1v) is 8.91. The maximum absolute atomic E-state index is 4.43. The van der Waals surface area contributed by atoms with Gasteiger partial charge < -0.3 is 4.90 Å². The molecule has 0 saturated carbocycles. The van der Waals surface area contributed by atoms with Crippen LogP contribution in [0.2, 0.25) is 0 Å². The van der Waals surface area contributed by atoms with Crippen LogP contribution < -0.4 is 4.90 Å². The number of nitrogens with zero attached hydrogens (tertiary/aromatic N) is 4. The summed E-state index contributed by atoms with van der Waals surface area (Å²) >= 11 is 0. The van der Waals surface area contributed by atoms with E-state index in [9.17, 15) is 0 Å². The first-order valence-electron chi connectivity index (χ1n) is 8.91. The van der Waals surface area contributed by atoms with Gasteiger partial charge in [0.1, 0.15) is 12.1 Å². The minimum Gasteiger partial charge on any atom is -0.355 e. The molecule has 4 nitrogen and oxygen atoms in total. The first-order chi connectivity index (χ1) is 12.2. The molecule has 0 aliphatic carbocycles. The average Bonchev–Trinajstić information content (AvgIpc) is 3.10. The molecule has 1 unspecified atom stereocenters. The van der Waals surface area contributed by atoms with Crippen LogP contribution in [0, 0.1) is 6.92 Å². The molecule has 0 spiro atoms. The Morgan fingerprint density at radius 3 is 2.84 bits per heavy atom. The van der Waals surface area contributed by atoms with Crippen LogP contribution in [-0.2, 0) is 6.54 Å². The Labute approximate surface area is 149 Å². The summed E-state index contributed by atoms with van der Waals surface area (Å²) in [4.78, 5) is 13.5. The van der Waals surface area contributed by atoms with Crippen LogP contribution in [0.3, 0.4) is 0 Å². The Hall–Kier alpha value is -2.46. The van der Waals surface area contributed by atoms with Crippen molar-refractivity contribution in [3.63, 3.8) is 0 Å². The standard InChI is InChI=1S/C21H24N4/c1-16-12-21(23-15-22-16)24(2)19-10-11-25(14-19)13-18-8-5-7-17-6-3-4-9-20(17)18/h3-9,12,15,19H,10-11,13-14H2,1-2H3. The zero-order valence-corrected chi connectivity index (χ0v) is 14.9. The number of rotatable bonds is 4. The fourth-order valence-corrected chi connectivity index (χ4v) is 3.76. The van der Waals surface area contributed by atoms with E-state index < -0.39 is 0 Å². The second-order valence-electron chi connectivity index (χ2n) is 6.94. The van der Waals surface area contributed by atoms with Crippen molar-refractivity contribution in [3.05, 3.63) is 66.1 Å². The van der Waals surface area contributed by atoms with Gasteiger partial charge in [-0.2, -0.15) is 0 Å². The van der Waals surface area contributed by atoms with Gasteiger partial charge in [-0.15, -0.1) is 0 Å². The normalized spacial score (nSPS) is 17.9. The van der Waals surface area contributed by atoms with Crippen molar-refractivity contribution in [3.8, 4) is 0 Å². The summed E-state index contributed by atoms with van der Waals surface area (Å²) < 4.78 is 0. The molecular weight excluding hydrogens is 308 g/mol. The summed E-state index contributed by atoms with van der Waals surface area (Å²) in [6, 6.07) is 17.8. The molecule has 4 rings (SSSR count). The lowest BCUT2D eigenvalue weighted by Gasteiger charge is -2.26. The molecule has 1 saturated heterocycles. The van der Waals surface area contributed by atoms with E-state index in [1.165, 1.54) is 22.8 Å². The third-order valence-corrected chi connectivity index (χ3v) is 5.22. The van der Waals surface area contributed by atoms with E-state index in [-0.39, 0.29) is 0 Å². The highest BCUT2D eigenvalue weighted by molar-refractivity contribution is 5.85. The zero-order valence-electron chi connectivity index (χ0n) is 14.9. The van der Waals surface area contributed by atoms with E-state index >= 15 is 0 Å². The molecular formula is C21H24N4. The number of likely N-dealkylation sites (N-methyl/N-ethyl adjacent to an activating group) is 1. The van der Waals surface area contributed by atoms with Crippen molar-refractivity contribution in [1.29, 1.82) is 0 Å². The van der Waals surface area contributed by atoms with Gasteiger partial charge in [0.25, 0.3) is 0 Å². The van der Waals surface area contributed by atoms with Crippen molar-refractivity contribution in [2.24, 2.45) is 0 Å². The minimum atomic E-state index is 0.504. The molecule has 0 amide bonds. The number of hydrogen-bond acceptors (Lipinski definition) is 4. The highest BCUT2D eigenvalue weighted by atomic mass is 15.3. The van der Waals surface area contributed by atoms with E-state index in [4.69, 9.17) is 0 Å². The van der Waals surface area contributed by atoms with E-state index in [1.807, 2.05) is 6.92 Å². The molecule has 1 atom stereocenters. The number of benzene rings is 2. The van der Waals surface area contributed by atoms with E-state index in [0.29, 0.717) is 6.04 Å². The van der Waals surface area contributed by atoms with E-state index in [1.54, 1.807) is 6.33 Å². The zero-order chi connectivity index (χ0) is 17.2. The maximum atomic E-state index is 4.43. The van der Waals surface area contributed by atoms with Crippen LogP contribution in [-0.4, -0.2) is 41.0 Å². The lowest BCUT2D eigenvalue weighted by molar-refractivity contribution is 0.327. The Bertz CT molecular complexity index is 871. The number of aryl methyl sites for hydroxylation is 1. The average molecular weight is 332 g/mol.